The van der Waals surface area contributed by atoms with E-state index >= 15 is 0 Å². The Morgan fingerprint density at radius 1 is 1.17 bits per heavy atom. The minimum atomic E-state index is -0.220. The molecule has 118 valence electrons. The molecule has 23 heavy (non-hydrogen) atoms. The third-order valence-corrected chi connectivity index (χ3v) is 4.66. The number of ether oxygens (including phenoxy) is 1. The number of benzene rings is 2. The van der Waals surface area contributed by atoms with Crippen LogP contribution in [0.2, 0.25) is 0 Å². The number of carbonyl (C=O) groups excluding carboxylic acids is 1. The van der Waals surface area contributed by atoms with E-state index in [2.05, 4.69) is 4.99 Å². The Kier molecular flexibility index (Phi) is 4.69. The fraction of sp³-hybridized carbons (Fsp3) is 0.222. The van der Waals surface area contributed by atoms with Gasteiger partial charge in [0.2, 0.25) is 0 Å². The topological polar surface area (TPSA) is 43.6 Å². The molecule has 1 aromatic heterocycles. The van der Waals surface area contributed by atoms with Crippen molar-refractivity contribution >= 4 is 27.5 Å². The summed E-state index contributed by atoms with van der Waals surface area (Å²) >= 11 is 1.52. The fourth-order valence-corrected chi connectivity index (χ4v) is 3.41. The van der Waals surface area contributed by atoms with Gasteiger partial charge in [0.1, 0.15) is 0 Å². The number of nitrogens with zero attached hydrogens (tertiary/aromatic N) is 2. The zero-order chi connectivity index (χ0) is 16.2. The fourth-order valence-electron chi connectivity index (χ4n) is 2.35. The smallest absolute Gasteiger partial charge is 0.279 e. The van der Waals surface area contributed by atoms with Crippen LogP contribution in [0.3, 0.4) is 0 Å². The van der Waals surface area contributed by atoms with Gasteiger partial charge >= 0.3 is 0 Å². The molecule has 0 bridgehead atoms. The third-order valence-electron chi connectivity index (χ3n) is 3.60. The summed E-state index contributed by atoms with van der Waals surface area (Å²) < 4.78 is 8.33. The quantitative estimate of drug-likeness (QED) is 0.737. The van der Waals surface area contributed by atoms with Crippen molar-refractivity contribution in [2.24, 2.45) is 4.99 Å². The number of para-hydroxylation sites is 1. The molecule has 0 unspecified atom stereocenters. The van der Waals surface area contributed by atoms with Crippen LogP contribution in [0.1, 0.15) is 15.9 Å². The van der Waals surface area contributed by atoms with E-state index in [0.29, 0.717) is 23.5 Å². The van der Waals surface area contributed by atoms with Gasteiger partial charge in [0, 0.05) is 19.2 Å². The third kappa shape index (κ3) is 3.41. The number of thiazole rings is 1. The minimum absolute atomic E-state index is 0.220. The van der Waals surface area contributed by atoms with Crippen molar-refractivity contribution in [3.63, 3.8) is 0 Å². The maximum absolute atomic E-state index is 12.4. The lowest BCUT2D eigenvalue weighted by Gasteiger charge is -2.04. The van der Waals surface area contributed by atoms with Crippen LogP contribution in [0, 0.1) is 6.92 Å². The second kappa shape index (κ2) is 6.89. The number of aryl methyl sites for hydroxylation is 1. The molecule has 0 fully saturated rings. The first-order valence-electron chi connectivity index (χ1n) is 7.42. The lowest BCUT2D eigenvalue weighted by molar-refractivity contribution is 0.0997. The Morgan fingerprint density at radius 3 is 2.65 bits per heavy atom. The molecule has 3 rings (SSSR count). The molecule has 0 aliphatic heterocycles. The van der Waals surface area contributed by atoms with Crippen LogP contribution < -0.4 is 4.80 Å². The van der Waals surface area contributed by atoms with Gasteiger partial charge in [-0.2, -0.15) is 4.99 Å². The number of amides is 1. The second-order valence-corrected chi connectivity index (χ2v) is 6.29. The lowest BCUT2D eigenvalue weighted by atomic mass is 10.1. The Balaban J connectivity index is 2.06. The van der Waals surface area contributed by atoms with Crippen LogP contribution >= 0.6 is 11.3 Å². The van der Waals surface area contributed by atoms with Gasteiger partial charge in [0.25, 0.3) is 5.91 Å². The summed E-state index contributed by atoms with van der Waals surface area (Å²) in [5, 5.41) is 0. The molecule has 2 aromatic carbocycles. The molecule has 0 atom stereocenters. The molecule has 0 N–H and O–H groups in total. The van der Waals surface area contributed by atoms with Crippen LogP contribution in [-0.2, 0) is 11.3 Å². The molecule has 0 saturated heterocycles. The zero-order valence-corrected chi connectivity index (χ0v) is 14.0. The van der Waals surface area contributed by atoms with E-state index in [1.165, 1.54) is 11.3 Å². The summed E-state index contributed by atoms with van der Waals surface area (Å²) in [6, 6.07) is 15.5. The van der Waals surface area contributed by atoms with Crippen LogP contribution in [-0.4, -0.2) is 24.2 Å². The average Bonchev–Trinajstić information content (AvgIpc) is 2.90. The van der Waals surface area contributed by atoms with E-state index in [1.54, 1.807) is 7.11 Å². The molecule has 0 radical (unpaired) electrons. The molecule has 5 heteroatoms. The standard InChI is InChI=1S/C18H18N2O2S/c1-13-7-9-14(10-8-13)17(21)19-18-20(11-12-22-2)15-5-3-4-6-16(15)23-18/h3-10H,11-12H2,1-2H3. The van der Waals surface area contributed by atoms with Gasteiger partial charge in [-0.25, -0.2) is 0 Å². The molecule has 0 saturated carbocycles. The van der Waals surface area contributed by atoms with E-state index in [4.69, 9.17) is 4.74 Å². The highest BCUT2D eigenvalue weighted by Crippen LogP contribution is 2.16. The monoisotopic (exact) mass is 326 g/mol. The number of fused-ring (bicyclic) bond motifs is 1. The first-order chi connectivity index (χ1) is 11.2. The molecule has 3 aromatic rings. The van der Waals surface area contributed by atoms with Crippen LogP contribution in [0.15, 0.2) is 53.5 Å². The van der Waals surface area contributed by atoms with Crippen molar-refractivity contribution in [2.45, 2.75) is 13.5 Å². The minimum Gasteiger partial charge on any atom is -0.383 e. The first-order valence-corrected chi connectivity index (χ1v) is 8.24. The average molecular weight is 326 g/mol. The van der Waals surface area contributed by atoms with Crippen LogP contribution in [0.5, 0.6) is 0 Å². The first kappa shape index (κ1) is 15.6. The van der Waals surface area contributed by atoms with Crippen molar-refractivity contribution in [1.82, 2.24) is 4.57 Å². The zero-order valence-electron chi connectivity index (χ0n) is 13.2. The molecule has 0 spiro atoms. The maximum Gasteiger partial charge on any atom is 0.279 e. The van der Waals surface area contributed by atoms with Gasteiger partial charge < -0.3 is 9.30 Å². The van der Waals surface area contributed by atoms with E-state index in [1.807, 2.05) is 60.0 Å². The summed E-state index contributed by atoms with van der Waals surface area (Å²) in [5.74, 6) is -0.220. The largest absolute Gasteiger partial charge is 0.383 e. The predicted octanol–water partition coefficient (Wildman–Crippen LogP) is 3.40. The summed E-state index contributed by atoms with van der Waals surface area (Å²) in [4.78, 5) is 17.5. The molecule has 1 amide bonds. The molecule has 1 heterocycles. The number of carbonyl (C=O) groups is 1. The van der Waals surface area contributed by atoms with Crippen molar-refractivity contribution in [1.29, 1.82) is 0 Å². The second-order valence-electron chi connectivity index (χ2n) is 5.28. The summed E-state index contributed by atoms with van der Waals surface area (Å²) in [6.45, 7) is 3.24. The van der Waals surface area contributed by atoms with E-state index in [0.717, 1.165) is 15.8 Å². The van der Waals surface area contributed by atoms with Crippen molar-refractivity contribution in [2.75, 3.05) is 13.7 Å². The Bertz CT molecular complexity index is 891. The molecular weight excluding hydrogens is 308 g/mol. The van der Waals surface area contributed by atoms with Gasteiger partial charge in [-0.3, -0.25) is 4.79 Å². The normalized spacial score (nSPS) is 12.0. The van der Waals surface area contributed by atoms with E-state index < -0.39 is 0 Å². The highest BCUT2D eigenvalue weighted by Gasteiger charge is 2.08. The Labute approximate surface area is 138 Å². The molecule has 0 aliphatic rings. The summed E-state index contributed by atoms with van der Waals surface area (Å²) in [5.41, 5.74) is 2.80. The predicted molar refractivity (Wildman–Crippen MR) is 92.8 cm³/mol. The number of rotatable bonds is 4. The number of methoxy groups -OCH3 is 1. The van der Waals surface area contributed by atoms with Gasteiger partial charge in [0.05, 0.1) is 16.8 Å². The van der Waals surface area contributed by atoms with Gasteiger partial charge in [0.15, 0.2) is 4.80 Å². The van der Waals surface area contributed by atoms with E-state index in [-0.39, 0.29) is 5.91 Å². The molecular formula is C18H18N2O2S. The van der Waals surface area contributed by atoms with Gasteiger partial charge in [-0.05, 0) is 31.2 Å². The number of aromatic nitrogens is 1. The summed E-state index contributed by atoms with van der Waals surface area (Å²) in [7, 11) is 1.67. The van der Waals surface area contributed by atoms with Crippen molar-refractivity contribution in [3.05, 3.63) is 64.5 Å². The molecule has 0 aliphatic carbocycles. The highest BCUT2D eigenvalue weighted by atomic mass is 32.1. The number of hydrogen-bond donors (Lipinski definition) is 0. The Morgan fingerprint density at radius 2 is 1.91 bits per heavy atom. The van der Waals surface area contributed by atoms with Crippen molar-refractivity contribution in [3.8, 4) is 0 Å². The molecule has 4 nitrogen and oxygen atoms in total. The maximum atomic E-state index is 12.4. The SMILES string of the molecule is COCCn1c(=NC(=O)c2ccc(C)cc2)sc2ccccc21. The van der Waals surface area contributed by atoms with Gasteiger partial charge in [-0.15, -0.1) is 0 Å². The Hall–Kier alpha value is -2.24. The highest BCUT2D eigenvalue weighted by molar-refractivity contribution is 7.16. The van der Waals surface area contributed by atoms with Crippen LogP contribution in [0.4, 0.5) is 0 Å². The van der Waals surface area contributed by atoms with E-state index in [9.17, 15) is 4.79 Å². The number of hydrogen-bond acceptors (Lipinski definition) is 3. The summed E-state index contributed by atoms with van der Waals surface area (Å²) in [6.07, 6.45) is 0. The van der Waals surface area contributed by atoms with Crippen molar-refractivity contribution < 1.29 is 9.53 Å². The lowest BCUT2D eigenvalue weighted by Crippen LogP contribution is -2.19. The van der Waals surface area contributed by atoms with Crippen LogP contribution in [0.25, 0.3) is 10.2 Å². The van der Waals surface area contributed by atoms with Gasteiger partial charge in [-0.1, -0.05) is 41.2 Å².